The van der Waals surface area contributed by atoms with Crippen LogP contribution in [-0.2, 0) is 7.05 Å². The van der Waals surface area contributed by atoms with Crippen LogP contribution in [0, 0.1) is 13.8 Å². The zero-order valence-electron chi connectivity index (χ0n) is 16.6. The van der Waals surface area contributed by atoms with Crippen LogP contribution in [0.2, 0.25) is 0 Å². The van der Waals surface area contributed by atoms with E-state index < -0.39 is 0 Å². The zero-order valence-corrected chi connectivity index (χ0v) is 17.4. The molecule has 0 spiro atoms. The largest absolute Gasteiger partial charge is 0.494 e. The summed E-state index contributed by atoms with van der Waals surface area (Å²) in [6.45, 7) is 5.23. The number of hydrogen-bond acceptors (Lipinski definition) is 6. The normalized spacial score (nSPS) is 11.4. The minimum absolute atomic E-state index is 0.142. The summed E-state index contributed by atoms with van der Waals surface area (Å²) in [5, 5.41) is 5.01. The molecular weight excluding hydrogens is 362 g/mol. The Morgan fingerprint density at radius 1 is 1.26 bits per heavy atom. The summed E-state index contributed by atoms with van der Waals surface area (Å²) in [6, 6.07) is 5.73. The molecule has 3 rings (SSSR count). The molecule has 0 saturated heterocycles. The highest BCUT2D eigenvalue weighted by atomic mass is 32.1. The van der Waals surface area contributed by atoms with Gasteiger partial charge in [0.25, 0.3) is 5.91 Å². The third-order valence-corrected chi connectivity index (χ3v) is 5.71. The number of anilines is 1. The van der Waals surface area contributed by atoms with E-state index in [0.717, 1.165) is 28.0 Å². The molecule has 3 aromatic rings. The van der Waals surface area contributed by atoms with Gasteiger partial charge in [-0.25, -0.2) is 4.98 Å². The number of rotatable bonds is 6. The van der Waals surface area contributed by atoms with E-state index in [1.54, 1.807) is 16.7 Å². The van der Waals surface area contributed by atoms with Crippen molar-refractivity contribution < 1.29 is 9.53 Å². The molecule has 0 unspecified atom stereocenters. The van der Waals surface area contributed by atoms with E-state index in [4.69, 9.17) is 9.72 Å². The Hall–Kier alpha value is -2.45. The van der Waals surface area contributed by atoms with Crippen LogP contribution < -0.4 is 9.64 Å². The number of fused-ring (bicyclic) bond motifs is 1. The van der Waals surface area contributed by atoms with Crippen molar-refractivity contribution in [3.8, 4) is 5.75 Å². The maximum atomic E-state index is 13.2. The SMILES string of the molecule is COc1ccc(C)c2sc(N(CCN(C)C)C(=O)c3cc(C)n(C)n3)nc12. The molecule has 0 aliphatic carbocycles. The second-order valence-electron chi connectivity index (χ2n) is 6.81. The molecule has 2 heterocycles. The van der Waals surface area contributed by atoms with Crippen LogP contribution >= 0.6 is 11.3 Å². The average molecular weight is 388 g/mol. The number of carbonyl (C=O) groups excluding carboxylic acids is 1. The van der Waals surface area contributed by atoms with Crippen molar-refractivity contribution in [3.63, 3.8) is 0 Å². The third-order valence-electron chi connectivity index (χ3n) is 4.49. The van der Waals surface area contributed by atoms with E-state index in [-0.39, 0.29) is 5.91 Å². The Balaban J connectivity index is 2.06. The van der Waals surface area contributed by atoms with Gasteiger partial charge in [0, 0.05) is 25.8 Å². The van der Waals surface area contributed by atoms with E-state index in [9.17, 15) is 4.79 Å². The van der Waals surface area contributed by atoms with Gasteiger partial charge in [-0.2, -0.15) is 5.10 Å². The summed E-state index contributed by atoms with van der Waals surface area (Å²) in [5.41, 5.74) is 3.27. The molecule has 0 bridgehead atoms. The van der Waals surface area contributed by atoms with E-state index in [2.05, 4.69) is 5.10 Å². The van der Waals surface area contributed by atoms with Gasteiger partial charge in [0.15, 0.2) is 10.8 Å². The number of likely N-dealkylation sites (N-methyl/N-ethyl adjacent to an activating group) is 1. The summed E-state index contributed by atoms with van der Waals surface area (Å²) in [7, 11) is 7.44. The molecule has 0 N–H and O–H groups in total. The molecule has 7 nitrogen and oxygen atoms in total. The zero-order chi connectivity index (χ0) is 19.7. The van der Waals surface area contributed by atoms with Crippen molar-refractivity contribution in [2.45, 2.75) is 13.8 Å². The maximum Gasteiger partial charge on any atom is 0.280 e. The summed E-state index contributed by atoms with van der Waals surface area (Å²) in [4.78, 5) is 21.7. The van der Waals surface area contributed by atoms with E-state index in [1.165, 1.54) is 11.3 Å². The van der Waals surface area contributed by atoms with Crippen LogP contribution in [0.4, 0.5) is 5.13 Å². The fourth-order valence-electron chi connectivity index (χ4n) is 2.77. The van der Waals surface area contributed by atoms with Crippen LogP contribution in [-0.4, -0.2) is 59.9 Å². The topological polar surface area (TPSA) is 63.5 Å². The van der Waals surface area contributed by atoms with Crippen molar-refractivity contribution in [2.75, 3.05) is 39.2 Å². The van der Waals surface area contributed by atoms with Gasteiger partial charge in [-0.15, -0.1) is 0 Å². The second kappa shape index (κ2) is 7.66. The van der Waals surface area contributed by atoms with Gasteiger partial charge in [-0.1, -0.05) is 17.4 Å². The number of thiazole rings is 1. The lowest BCUT2D eigenvalue weighted by molar-refractivity contribution is 0.0979. The number of amides is 1. The Morgan fingerprint density at radius 2 is 2.00 bits per heavy atom. The summed E-state index contributed by atoms with van der Waals surface area (Å²) in [5.74, 6) is 0.572. The summed E-state index contributed by atoms with van der Waals surface area (Å²) < 4.78 is 8.20. The predicted molar refractivity (Wildman–Crippen MR) is 109 cm³/mol. The Morgan fingerprint density at radius 3 is 2.59 bits per heavy atom. The second-order valence-corrected chi connectivity index (χ2v) is 7.79. The van der Waals surface area contributed by atoms with Crippen LogP contribution in [0.15, 0.2) is 18.2 Å². The predicted octanol–water partition coefficient (Wildman–Crippen LogP) is 2.86. The number of methoxy groups -OCH3 is 1. The number of aromatic nitrogens is 3. The van der Waals surface area contributed by atoms with Gasteiger partial charge in [-0.05, 0) is 45.6 Å². The van der Waals surface area contributed by atoms with Crippen molar-refractivity contribution in [1.29, 1.82) is 0 Å². The van der Waals surface area contributed by atoms with E-state index in [0.29, 0.717) is 23.1 Å². The first kappa shape index (κ1) is 19.3. The molecule has 1 amide bonds. The Labute approximate surface area is 163 Å². The highest BCUT2D eigenvalue weighted by Crippen LogP contribution is 2.36. The van der Waals surface area contributed by atoms with Crippen molar-refractivity contribution >= 4 is 32.6 Å². The molecule has 0 aliphatic rings. The fourth-order valence-corrected chi connectivity index (χ4v) is 3.84. The minimum atomic E-state index is -0.142. The first-order chi connectivity index (χ1) is 12.8. The van der Waals surface area contributed by atoms with Gasteiger partial charge in [0.05, 0.1) is 11.8 Å². The van der Waals surface area contributed by atoms with Gasteiger partial charge >= 0.3 is 0 Å². The van der Waals surface area contributed by atoms with Gasteiger partial charge in [0.1, 0.15) is 11.3 Å². The van der Waals surface area contributed by atoms with E-state index >= 15 is 0 Å². The molecule has 2 aromatic heterocycles. The van der Waals surface area contributed by atoms with Gasteiger partial charge < -0.3 is 9.64 Å². The highest BCUT2D eigenvalue weighted by Gasteiger charge is 2.25. The molecule has 0 fully saturated rings. The quantitative estimate of drug-likeness (QED) is 0.651. The molecule has 8 heteroatoms. The number of nitrogens with zero attached hydrogens (tertiary/aromatic N) is 5. The molecule has 0 atom stereocenters. The molecule has 144 valence electrons. The molecule has 0 radical (unpaired) electrons. The third kappa shape index (κ3) is 3.81. The maximum absolute atomic E-state index is 13.2. The molecule has 1 aromatic carbocycles. The summed E-state index contributed by atoms with van der Waals surface area (Å²) in [6.07, 6.45) is 0. The first-order valence-electron chi connectivity index (χ1n) is 8.73. The van der Waals surface area contributed by atoms with Crippen molar-refractivity contribution in [3.05, 3.63) is 35.2 Å². The Kier molecular flexibility index (Phi) is 5.48. The van der Waals surface area contributed by atoms with Crippen LogP contribution in [0.5, 0.6) is 5.75 Å². The fraction of sp³-hybridized carbons (Fsp3) is 0.421. The standard InChI is InChI=1S/C19H25N5O2S/c1-12-7-8-15(26-6)16-17(12)27-19(20-16)24(10-9-22(3)4)18(25)14-11-13(2)23(5)21-14/h7-8,11H,9-10H2,1-6H3. The molecule has 0 aliphatic heterocycles. The van der Waals surface area contributed by atoms with Gasteiger partial charge in [0.2, 0.25) is 0 Å². The van der Waals surface area contributed by atoms with E-state index in [1.807, 2.05) is 58.1 Å². The van der Waals surface area contributed by atoms with Crippen molar-refractivity contribution in [2.24, 2.45) is 7.05 Å². The number of aryl methyl sites for hydroxylation is 3. The highest BCUT2D eigenvalue weighted by molar-refractivity contribution is 7.22. The van der Waals surface area contributed by atoms with Gasteiger partial charge in [-0.3, -0.25) is 14.4 Å². The number of hydrogen-bond donors (Lipinski definition) is 0. The summed E-state index contributed by atoms with van der Waals surface area (Å²) >= 11 is 1.51. The lowest BCUT2D eigenvalue weighted by Crippen LogP contribution is -2.37. The average Bonchev–Trinajstić information content (AvgIpc) is 3.20. The van der Waals surface area contributed by atoms with Crippen LogP contribution in [0.25, 0.3) is 10.2 Å². The lowest BCUT2D eigenvalue weighted by Gasteiger charge is -2.21. The molecule has 27 heavy (non-hydrogen) atoms. The number of benzene rings is 1. The Bertz CT molecular complexity index is 957. The monoisotopic (exact) mass is 387 g/mol. The smallest absolute Gasteiger partial charge is 0.280 e. The minimum Gasteiger partial charge on any atom is -0.494 e. The van der Waals surface area contributed by atoms with Crippen LogP contribution in [0.1, 0.15) is 21.7 Å². The molecule has 0 saturated carbocycles. The lowest BCUT2D eigenvalue weighted by atomic mass is 10.2. The number of ether oxygens (including phenoxy) is 1. The first-order valence-corrected chi connectivity index (χ1v) is 9.55. The van der Waals surface area contributed by atoms with Crippen molar-refractivity contribution in [1.82, 2.24) is 19.7 Å². The number of carbonyl (C=O) groups is 1. The van der Waals surface area contributed by atoms with Crippen LogP contribution in [0.3, 0.4) is 0 Å². The molecular formula is C19H25N5O2S.